The van der Waals surface area contributed by atoms with Gasteiger partial charge in [0.15, 0.2) is 6.10 Å². The number of ether oxygens (including phenoxy) is 2. The molecule has 296 valence electrons. The molecule has 2 atom stereocenters. The summed E-state index contributed by atoms with van der Waals surface area (Å²) in [6.07, 6.45) is 36.9. The normalized spacial score (nSPS) is 13.4. The van der Waals surface area contributed by atoms with Gasteiger partial charge in [-0.2, -0.15) is 0 Å². The zero-order valence-electron chi connectivity index (χ0n) is 32.4. The molecule has 0 saturated heterocycles. The molecule has 0 spiro atoms. The Hall–Kier alpha value is -1.25. The molecule has 2 unspecified atom stereocenters. The first kappa shape index (κ1) is 48.8. The molecule has 10 heteroatoms. The first-order valence-electron chi connectivity index (χ1n) is 20.7. The molecule has 0 aliphatic heterocycles. The molecule has 0 aromatic heterocycles. The van der Waals surface area contributed by atoms with Crippen molar-refractivity contribution in [3.05, 3.63) is 12.2 Å². The van der Waals surface area contributed by atoms with E-state index in [2.05, 4.69) is 26.0 Å². The van der Waals surface area contributed by atoms with E-state index >= 15 is 0 Å². The predicted molar refractivity (Wildman–Crippen MR) is 206 cm³/mol. The van der Waals surface area contributed by atoms with E-state index < -0.39 is 26.5 Å². The van der Waals surface area contributed by atoms with E-state index in [1.807, 2.05) is 0 Å². The molecule has 0 amide bonds. The predicted octanol–water partition coefficient (Wildman–Crippen LogP) is 11.4. The van der Waals surface area contributed by atoms with Gasteiger partial charge in [-0.15, -0.1) is 0 Å². The first-order valence-corrected chi connectivity index (χ1v) is 22.2. The second-order valence-corrected chi connectivity index (χ2v) is 15.3. The molecule has 0 aliphatic carbocycles. The first-order chi connectivity index (χ1) is 24.3. The Kier molecular flexibility index (Phi) is 36.6. The van der Waals surface area contributed by atoms with E-state index in [-0.39, 0.29) is 38.6 Å². The Morgan fingerprint density at radius 1 is 0.580 bits per heavy atom. The summed E-state index contributed by atoms with van der Waals surface area (Å²) in [6.45, 7) is 3.71. The van der Waals surface area contributed by atoms with Crippen molar-refractivity contribution in [1.29, 1.82) is 0 Å². The van der Waals surface area contributed by atoms with Crippen molar-refractivity contribution in [2.45, 2.75) is 206 Å². The van der Waals surface area contributed by atoms with Crippen LogP contribution < -0.4 is 5.73 Å². The summed E-state index contributed by atoms with van der Waals surface area (Å²) in [5, 5.41) is 0. The van der Waals surface area contributed by atoms with Gasteiger partial charge in [0.05, 0.1) is 13.2 Å². The molecule has 9 nitrogen and oxygen atoms in total. The third-order valence-electron chi connectivity index (χ3n) is 8.90. The van der Waals surface area contributed by atoms with Gasteiger partial charge in [0.1, 0.15) is 6.61 Å². The van der Waals surface area contributed by atoms with Gasteiger partial charge in [0.25, 0.3) is 0 Å². The Morgan fingerprint density at radius 3 is 1.42 bits per heavy atom. The van der Waals surface area contributed by atoms with Gasteiger partial charge in [-0.3, -0.25) is 18.6 Å². The third-order valence-corrected chi connectivity index (χ3v) is 9.89. The standard InChI is InChI=1S/C40H78NO8P/c1-3-5-7-9-11-13-14-15-16-17-18-19-20-21-22-23-24-25-27-29-31-33-40(43)49-38(37-48-50(44,45)47-35-34-41)36-46-39(42)32-30-28-26-12-10-8-6-4-2/h17-18,38H,3-16,19-37,41H2,1-2H3,(H,44,45)/b18-17-. The van der Waals surface area contributed by atoms with Crippen LogP contribution in [0.3, 0.4) is 0 Å². The van der Waals surface area contributed by atoms with Crippen LogP contribution >= 0.6 is 7.82 Å². The van der Waals surface area contributed by atoms with Crippen LogP contribution in [0.2, 0.25) is 0 Å². The minimum absolute atomic E-state index is 0.0556. The summed E-state index contributed by atoms with van der Waals surface area (Å²) in [5.41, 5.74) is 5.33. The van der Waals surface area contributed by atoms with Gasteiger partial charge in [-0.05, 0) is 38.5 Å². The summed E-state index contributed by atoms with van der Waals surface area (Å²) in [4.78, 5) is 34.6. The van der Waals surface area contributed by atoms with Crippen molar-refractivity contribution in [3.8, 4) is 0 Å². The highest BCUT2D eigenvalue weighted by molar-refractivity contribution is 7.47. The smallest absolute Gasteiger partial charge is 0.462 e. The fourth-order valence-electron chi connectivity index (χ4n) is 5.81. The molecule has 50 heavy (non-hydrogen) atoms. The highest BCUT2D eigenvalue weighted by atomic mass is 31.2. The molecule has 0 radical (unpaired) electrons. The van der Waals surface area contributed by atoms with E-state index in [0.717, 1.165) is 38.5 Å². The van der Waals surface area contributed by atoms with Crippen LogP contribution in [0, 0.1) is 0 Å². The number of carbonyl (C=O) groups excluding carboxylic acids is 2. The van der Waals surface area contributed by atoms with Gasteiger partial charge in [-0.25, -0.2) is 4.57 Å². The van der Waals surface area contributed by atoms with E-state index in [1.165, 1.54) is 128 Å². The number of hydrogen-bond acceptors (Lipinski definition) is 8. The van der Waals surface area contributed by atoms with Crippen molar-refractivity contribution in [1.82, 2.24) is 0 Å². The molecule has 0 saturated carbocycles. The van der Waals surface area contributed by atoms with Crippen molar-refractivity contribution in [2.24, 2.45) is 5.73 Å². The van der Waals surface area contributed by atoms with Crippen LogP contribution in [-0.4, -0.2) is 49.3 Å². The molecule has 0 heterocycles. The monoisotopic (exact) mass is 732 g/mol. The Bertz CT molecular complexity index is 840. The summed E-state index contributed by atoms with van der Waals surface area (Å²) in [7, 11) is -4.36. The lowest BCUT2D eigenvalue weighted by Crippen LogP contribution is -2.29. The van der Waals surface area contributed by atoms with Gasteiger partial charge >= 0.3 is 19.8 Å². The minimum atomic E-state index is -4.36. The van der Waals surface area contributed by atoms with Crippen molar-refractivity contribution >= 4 is 19.8 Å². The number of unbranched alkanes of at least 4 members (excludes halogenated alkanes) is 24. The average molecular weight is 732 g/mol. The number of allylic oxidation sites excluding steroid dienone is 2. The van der Waals surface area contributed by atoms with Crippen LogP contribution in [0.5, 0.6) is 0 Å². The number of esters is 2. The highest BCUT2D eigenvalue weighted by Crippen LogP contribution is 2.43. The maximum Gasteiger partial charge on any atom is 0.472 e. The topological polar surface area (TPSA) is 134 Å². The molecule has 0 aromatic rings. The molecular formula is C40H78NO8P. The summed E-state index contributed by atoms with van der Waals surface area (Å²) < 4.78 is 32.6. The second-order valence-electron chi connectivity index (χ2n) is 13.9. The van der Waals surface area contributed by atoms with Gasteiger partial charge in [-0.1, -0.05) is 161 Å². The summed E-state index contributed by atoms with van der Waals surface area (Å²) in [6, 6.07) is 0. The summed E-state index contributed by atoms with van der Waals surface area (Å²) >= 11 is 0. The largest absolute Gasteiger partial charge is 0.472 e. The van der Waals surface area contributed by atoms with E-state index in [1.54, 1.807) is 0 Å². The fourth-order valence-corrected chi connectivity index (χ4v) is 6.57. The van der Waals surface area contributed by atoms with E-state index in [4.69, 9.17) is 24.3 Å². The Labute approximate surface area is 307 Å². The third kappa shape index (κ3) is 36.5. The fraction of sp³-hybridized carbons (Fsp3) is 0.900. The molecule has 0 aliphatic rings. The molecular weight excluding hydrogens is 653 g/mol. The Balaban J connectivity index is 4.04. The minimum Gasteiger partial charge on any atom is -0.462 e. The maximum absolute atomic E-state index is 12.5. The molecule has 0 rings (SSSR count). The molecule has 0 aromatic carbocycles. The van der Waals surface area contributed by atoms with Crippen LogP contribution in [-0.2, 0) is 32.7 Å². The van der Waals surface area contributed by atoms with Gasteiger partial charge < -0.3 is 20.1 Å². The number of phosphoric acid groups is 1. The van der Waals surface area contributed by atoms with Gasteiger partial charge in [0.2, 0.25) is 0 Å². The zero-order chi connectivity index (χ0) is 36.8. The van der Waals surface area contributed by atoms with Crippen molar-refractivity contribution in [2.75, 3.05) is 26.4 Å². The van der Waals surface area contributed by atoms with Crippen molar-refractivity contribution < 1.29 is 37.6 Å². The van der Waals surface area contributed by atoms with Crippen molar-refractivity contribution in [3.63, 3.8) is 0 Å². The maximum atomic E-state index is 12.5. The highest BCUT2D eigenvalue weighted by Gasteiger charge is 2.26. The lowest BCUT2D eigenvalue weighted by Gasteiger charge is -2.19. The van der Waals surface area contributed by atoms with Crippen LogP contribution in [0.15, 0.2) is 12.2 Å². The summed E-state index contributed by atoms with van der Waals surface area (Å²) in [5.74, 6) is -0.829. The quantitative estimate of drug-likeness (QED) is 0.0274. The number of rotatable bonds is 39. The van der Waals surface area contributed by atoms with E-state index in [0.29, 0.717) is 6.42 Å². The van der Waals surface area contributed by atoms with Crippen LogP contribution in [0.25, 0.3) is 0 Å². The molecule has 0 fully saturated rings. The van der Waals surface area contributed by atoms with Crippen LogP contribution in [0.4, 0.5) is 0 Å². The number of hydrogen-bond donors (Lipinski definition) is 2. The lowest BCUT2D eigenvalue weighted by molar-refractivity contribution is -0.161. The zero-order valence-corrected chi connectivity index (χ0v) is 33.3. The number of nitrogens with two attached hydrogens (primary N) is 1. The SMILES string of the molecule is CCCCCCCCCC/C=C\CCCCCCCCCCCC(=O)OC(COC(=O)CCCCCCCCCC)COP(=O)(O)OCCN. The number of phosphoric ester groups is 1. The molecule has 0 bridgehead atoms. The molecule has 3 N–H and O–H groups in total. The van der Waals surface area contributed by atoms with Crippen LogP contribution in [0.1, 0.15) is 200 Å². The Morgan fingerprint density at radius 2 is 0.980 bits per heavy atom. The lowest BCUT2D eigenvalue weighted by atomic mass is 10.1. The average Bonchev–Trinajstić information content (AvgIpc) is 3.10. The second kappa shape index (κ2) is 37.5. The van der Waals surface area contributed by atoms with E-state index in [9.17, 15) is 19.0 Å². The number of carbonyl (C=O) groups is 2. The van der Waals surface area contributed by atoms with Gasteiger partial charge in [0, 0.05) is 19.4 Å².